The Morgan fingerprint density at radius 1 is 1.20 bits per heavy atom. The van der Waals surface area contributed by atoms with Crippen molar-refractivity contribution >= 4 is 16.5 Å². The predicted molar refractivity (Wildman–Crippen MR) is 85.5 cm³/mol. The fourth-order valence-electron chi connectivity index (χ4n) is 4.57. The lowest BCUT2D eigenvalue weighted by Gasteiger charge is -2.57. The highest BCUT2D eigenvalue weighted by molar-refractivity contribution is 5.87. The smallest absolute Gasteiger partial charge is 0.0482 e. The summed E-state index contributed by atoms with van der Waals surface area (Å²) in [5.41, 5.74) is 6.54. The molecule has 2 atom stereocenters. The van der Waals surface area contributed by atoms with Gasteiger partial charge in [0.1, 0.15) is 0 Å². The first-order chi connectivity index (χ1) is 9.50. The van der Waals surface area contributed by atoms with Gasteiger partial charge in [0.15, 0.2) is 0 Å². The Kier molecular flexibility index (Phi) is 2.32. The zero-order valence-electron chi connectivity index (χ0n) is 12.9. The van der Waals surface area contributed by atoms with Crippen LogP contribution in [0.1, 0.15) is 39.3 Å². The molecule has 1 heterocycles. The second kappa shape index (κ2) is 3.78. The second-order valence-electron chi connectivity index (χ2n) is 7.35. The average molecular weight is 265 g/mol. The van der Waals surface area contributed by atoms with Gasteiger partial charge in [-0.1, -0.05) is 37.6 Å². The maximum Gasteiger partial charge on any atom is 0.0482 e. The van der Waals surface area contributed by atoms with Crippen LogP contribution in [0.15, 0.2) is 35.9 Å². The minimum absolute atomic E-state index is 0.491. The van der Waals surface area contributed by atoms with Crippen LogP contribution in [0.2, 0.25) is 0 Å². The summed E-state index contributed by atoms with van der Waals surface area (Å²) >= 11 is 0. The highest BCUT2D eigenvalue weighted by atomic mass is 14.9. The van der Waals surface area contributed by atoms with Crippen LogP contribution in [0, 0.1) is 17.3 Å². The lowest BCUT2D eigenvalue weighted by atomic mass is 9.47. The first-order valence-corrected chi connectivity index (χ1v) is 7.74. The lowest BCUT2D eigenvalue weighted by Crippen LogP contribution is -2.48. The molecule has 0 radical (unpaired) electrons. The van der Waals surface area contributed by atoms with E-state index in [1.165, 1.54) is 29.4 Å². The maximum atomic E-state index is 2.46. The highest BCUT2D eigenvalue weighted by Gasteiger charge is 2.53. The predicted octanol–water partition coefficient (Wildman–Crippen LogP) is 5.02. The summed E-state index contributed by atoms with van der Waals surface area (Å²) in [6.07, 6.45) is 2.68. The average Bonchev–Trinajstić information content (AvgIpc) is 2.76. The molecule has 0 aliphatic heterocycles. The molecule has 0 spiro atoms. The van der Waals surface area contributed by atoms with Gasteiger partial charge in [0.05, 0.1) is 0 Å². The van der Waals surface area contributed by atoms with Gasteiger partial charge in [-0.15, -0.1) is 0 Å². The molecule has 0 N–H and O–H groups in total. The van der Waals surface area contributed by atoms with E-state index in [0.29, 0.717) is 5.41 Å². The molecule has 3 aliphatic carbocycles. The lowest BCUT2D eigenvalue weighted by molar-refractivity contribution is 0.00737. The topological polar surface area (TPSA) is 4.93 Å². The van der Waals surface area contributed by atoms with Crippen LogP contribution < -0.4 is 0 Å². The monoisotopic (exact) mass is 265 g/mol. The molecule has 1 saturated carbocycles. The van der Waals surface area contributed by atoms with Crippen LogP contribution >= 0.6 is 0 Å². The van der Waals surface area contributed by atoms with Gasteiger partial charge in [0, 0.05) is 23.6 Å². The molecule has 5 rings (SSSR count). The Labute approximate surface area is 121 Å². The minimum Gasteiger partial charge on any atom is -0.344 e. The Morgan fingerprint density at radius 2 is 1.95 bits per heavy atom. The van der Waals surface area contributed by atoms with Crippen LogP contribution in [0.4, 0.5) is 0 Å². The van der Waals surface area contributed by atoms with Crippen LogP contribution in [-0.4, -0.2) is 4.57 Å². The molecule has 0 amide bonds. The van der Waals surface area contributed by atoms with Crippen LogP contribution in [-0.2, 0) is 7.05 Å². The zero-order chi connectivity index (χ0) is 14.1. The molecular formula is C19H23N. The normalized spacial score (nSPS) is 27.8. The summed E-state index contributed by atoms with van der Waals surface area (Å²) in [5, 5.41) is 1.37. The van der Waals surface area contributed by atoms with Gasteiger partial charge in [-0.3, -0.25) is 0 Å². The molecule has 0 unspecified atom stereocenters. The zero-order valence-corrected chi connectivity index (χ0v) is 12.9. The second-order valence-corrected chi connectivity index (χ2v) is 7.35. The van der Waals surface area contributed by atoms with Gasteiger partial charge in [0.2, 0.25) is 0 Å². The van der Waals surface area contributed by atoms with Gasteiger partial charge >= 0.3 is 0 Å². The third-order valence-corrected chi connectivity index (χ3v) is 6.06. The molecule has 1 nitrogen and oxygen atoms in total. The van der Waals surface area contributed by atoms with Crippen molar-refractivity contribution in [1.29, 1.82) is 0 Å². The summed E-state index contributed by atoms with van der Waals surface area (Å²) < 4.78 is 2.39. The first-order valence-electron chi connectivity index (χ1n) is 7.74. The summed E-state index contributed by atoms with van der Waals surface area (Å²) in [6, 6.07) is 11.1. The quantitative estimate of drug-likeness (QED) is 0.682. The van der Waals surface area contributed by atoms with Crippen molar-refractivity contribution in [3.63, 3.8) is 0 Å². The molecular weight excluding hydrogens is 242 g/mol. The van der Waals surface area contributed by atoms with Gasteiger partial charge in [0.25, 0.3) is 0 Å². The fraction of sp³-hybridized carbons (Fsp3) is 0.474. The molecule has 2 aromatic rings. The van der Waals surface area contributed by atoms with Crippen molar-refractivity contribution in [2.45, 2.75) is 33.6 Å². The van der Waals surface area contributed by atoms with Crippen molar-refractivity contribution in [3.05, 3.63) is 41.6 Å². The molecule has 104 valence electrons. The Bertz CT molecular complexity index is 729. The standard InChI is InChI=1S/C19H23N/c1-12-9-14-11-15(19(14,2)3)18(12)17-10-13-7-5-6-8-16(13)20(17)4/h5-8,10,14-15H,9,11H2,1-4H3/t14-,15-/m1/s1. The van der Waals surface area contributed by atoms with Crippen LogP contribution in [0.3, 0.4) is 0 Å². The van der Waals surface area contributed by atoms with Gasteiger partial charge in [-0.2, -0.15) is 0 Å². The maximum absolute atomic E-state index is 2.46. The molecule has 1 heteroatoms. The highest BCUT2D eigenvalue weighted by Crippen LogP contribution is 2.63. The van der Waals surface area contributed by atoms with E-state index in [-0.39, 0.29) is 0 Å². The van der Waals surface area contributed by atoms with Crippen molar-refractivity contribution < 1.29 is 0 Å². The van der Waals surface area contributed by atoms with Crippen LogP contribution in [0.5, 0.6) is 0 Å². The van der Waals surface area contributed by atoms with E-state index < -0.39 is 0 Å². The van der Waals surface area contributed by atoms with E-state index in [1.54, 1.807) is 11.1 Å². The van der Waals surface area contributed by atoms with E-state index in [4.69, 9.17) is 0 Å². The molecule has 20 heavy (non-hydrogen) atoms. The first kappa shape index (κ1) is 12.3. The number of benzene rings is 1. The number of nitrogens with zero attached hydrogens (tertiary/aromatic N) is 1. The number of allylic oxidation sites excluding steroid dienone is 2. The third-order valence-electron chi connectivity index (χ3n) is 6.06. The number of rotatable bonds is 1. The summed E-state index contributed by atoms with van der Waals surface area (Å²) in [5.74, 6) is 1.66. The molecule has 1 fully saturated rings. The number of fused-ring (bicyclic) bond motifs is 2. The minimum atomic E-state index is 0.491. The van der Waals surface area contributed by atoms with E-state index in [0.717, 1.165) is 11.8 Å². The number of aryl methyl sites for hydroxylation is 1. The summed E-state index contributed by atoms with van der Waals surface area (Å²) in [6.45, 7) is 7.27. The number of para-hydroxylation sites is 1. The van der Waals surface area contributed by atoms with Crippen molar-refractivity contribution in [2.75, 3.05) is 0 Å². The van der Waals surface area contributed by atoms with E-state index in [1.807, 2.05) is 0 Å². The van der Waals surface area contributed by atoms with Gasteiger partial charge in [-0.25, -0.2) is 0 Å². The van der Waals surface area contributed by atoms with E-state index in [9.17, 15) is 0 Å². The molecule has 1 aromatic carbocycles. The van der Waals surface area contributed by atoms with E-state index >= 15 is 0 Å². The molecule has 1 aromatic heterocycles. The van der Waals surface area contributed by atoms with Crippen molar-refractivity contribution in [3.8, 4) is 0 Å². The fourth-order valence-corrected chi connectivity index (χ4v) is 4.57. The largest absolute Gasteiger partial charge is 0.344 e. The SMILES string of the molecule is CC1=C(c2cc3ccccc3n2C)[C@H]2C[C@@H](C1)C2(C)C. The van der Waals surface area contributed by atoms with E-state index in [2.05, 4.69) is 62.7 Å². The number of aromatic nitrogens is 1. The summed E-state index contributed by atoms with van der Waals surface area (Å²) in [4.78, 5) is 0. The number of hydrogen-bond donors (Lipinski definition) is 0. The van der Waals surface area contributed by atoms with Gasteiger partial charge in [-0.05, 0) is 54.7 Å². The summed E-state index contributed by atoms with van der Waals surface area (Å²) in [7, 11) is 2.22. The molecule has 2 bridgehead atoms. The molecule has 0 saturated heterocycles. The Hall–Kier alpha value is -1.50. The number of hydrogen-bond acceptors (Lipinski definition) is 0. The van der Waals surface area contributed by atoms with Crippen LogP contribution in [0.25, 0.3) is 16.5 Å². The molecule has 3 aliphatic rings. The van der Waals surface area contributed by atoms with Crippen molar-refractivity contribution in [1.82, 2.24) is 4.57 Å². The Morgan fingerprint density at radius 3 is 2.65 bits per heavy atom. The third kappa shape index (κ3) is 1.38. The van der Waals surface area contributed by atoms with Crippen molar-refractivity contribution in [2.24, 2.45) is 24.3 Å². The van der Waals surface area contributed by atoms with Gasteiger partial charge < -0.3 is 4.57 Å². The Balaban J connectivity index is 1.93.